The van der Waals surface area contributed by atoms with Gasteiger partial charge in [-0.3, -0.25) is 0 Å². The maximum absolute atomic E-state index is 2.31. The molecule has 0 aliphatic heterocycles. The lowest BCUT2D eigenvalue weighted by Crippen LogP contribution is -2.28. The quantitative estimate of drug-likeness (QED) is 0.148. The molecule has 0 amide bonds. The van der Waals surface area contributed by atoms with Crippen LogP contribution in [0.15, 0.2) is 158 Å². The molecule has 0 aliphatic carbocycles. The van der Waals surface area contributed by atoms with E-state index in [0.717, 1.165) is 11.4 Å². The summed E-state index contributed by atoms with van der Waals surface area (Å²) in [6.45, 7) is 9.00. The molecule has 0 fully saturated rings. The Kier molecular flexibility index (Phi) is 8.58. The highest BCUT2D eigenvalue weighted by atomic mass is 32.1. The predicted octanol–water partition coefficient (Wildman–Crippen LogP) is 11.9. The van der Waals surface area contributed by atoms with Crippen molar-refractivity contribution in [2.45, 2.75) is 27.7 Å². The Hall–Kier alpha value is -5.42. The summed E-state index contributed by atoms with van der Waals surface area (Å²) in [6, 6.07) is 48.1. The summed E-state index contributed by atoms with van der Waals surface area (Å²) in [5.41, 5.74) is 15.3. The van der Waals surface area contributed by atoms with Crippen LogP contribution in [0.1, 0.15) is 22.3 Å². The van der Waals surface area contributed by atoms with E-state index in [2.05, 4.69) is 195 Å². The largest absolute Gasteiger partial charge is 0.210 e. The smallest absolute Gasteiger partial charge is 0.167 e. The highest BCUT2D eigenvalue weighted by molar-refractivity contribution is 7.25. The van der Waals surface area contributed by atoms with Crippen LogP contribution in [0.3, 0.4) is 0 Å². The van der Waals surface area contributed by atoms with Gasteiger partial charge in [0.15, 0.2) is 24.8 Å². The van der Waals surface area contributed by atoms with Gasteiger partial charge in [0.05, 0.1) is 0 Å². The monoisotopic (exact) mass is 682 g/mol. The Morgan fingerprint density at radius 2 is 0.720 bits per heavy atom. The number of benzene rings is 4. The van der Waals surface area contributed by atoms with Gasteiger partial charge < -0.3 is 0 Å². The molecule has 8 rings (SSSR count). The number of hydrogen-bond acceptors (Lipinski definition) is 2. The standard InChI is InChI=1S/C46H38N2S2/c1-31-15-17-39(35-23-27-47(28-24-35)37-11-7-5-8-12-37)33(3)45(31)43-21-19-41(49-43)42-20-22-44(50-42)46-32(2)16-18-40(34(46)4)36-25-29-48(30-26-36)38-13-9-6-10-14-38/h5-30H,1-4H3/q+2. The fraction of sp³-hybridized carbons (Fsp3) is 0.0870. The summed E-state index contributed by atoms with van der Waals surface area (Å²) in [4.78, 5) is 5.25. The summed E-state index contributed by atoms with van der Waals surface area (Å²) >= 11 is 3.78. The summed E-state index contributed by atoms with van der Waals surface area (Å²) < 4.78 is 4.33. The van der Waals surface area contributed by atoms with E-state index in [0.29, 0.717) is 0 Å². The minimum absolute atomic E-state index is 1.16. The topological polar surface area (TPSA) is 7.76 Å². The number of para-hydroxylation sites is 2. The van der Waals surface area contributed by atoms with Crippen LogP contribution in [0, 0.1) is 27.7 Å². The van der Waals surface area contributed by atoms with Crippen LogP contribution in [0.4, 0.5) is 0 Å². The van der Waals surface area contributed by atoms with Gasteiger partial charge in [-0.1, -0.05) is 60.7 Å². The van der Waals surface area contributed by atoms with Gasteiger partial charge in [-0.15, -0.1) is 22.7 Å². The fourth-order valence-corrected chi connectivity index (χ4v) is 9.48. The molecular formula is C46H38N2S2+2. The molecule has 2 nitrogen and oxygen atoms in total. The molecule has 50 heavy (non-hydrogen) atoms. The van der Waals surface area contributed by atoms with Crippen LogP contribution in [0.2, 0.25) is 0 Å². The van der Waals surface area contributed by atoms with E-state index in [4.69, 9.17) is 0 Å². The lowest BCUT2D eigenvalue weighted by Gasteiger charge is -2.13. The van der Waals surface area contributed by atoms with Crippen molar-refractivity contribution in [2.24, 2.45) is 0 Å². The highest BCUT2D eigenvalue weighted by Gasteiger charge is 2.18. The van der Waals surface area contributed by atoms with E-state index < -0.39 is 0 Å². The predicted molar refractivity (Wildman–Crippen MR) is 211 cm³/mol. The summed E-state index contributed by atoms with van der Waals surface area (Å²) in [7, 11) is 0. The van der Waals surface area contributed by atoms with E-state index in [1.807, 2.05) is 22.7 Å². The third-order valence-electron chi connectivity index (χ3n) is 9.68. The molecule has 0 bridgehead atoms. The van der Waals surface area contributed by atoms with Gasteiger partial charge in [0.1, 0.15) is 0 Å². The van der Waals surface area contributed by atoms with E-state index in [1.165, 1.54) is 75.1 Å². The van der Waals surface area contributed by atoms with Crippen LogP contribution in [-0.4, -0.2) is 0 Å². The van der Waals surface area contributed by atoms with Crippen LogP contribution in [0.25, 0.3) is 64.3 Å². The molecule has 242 valence electrons. The Balaban J connectivity index is 1.08. The van der Waals surface area contributed by atoms with Gasteiger partial charge in [0.25, 0.3) is 0 Å². The van der Waals surface area contributed by atoms with E-state index in [-0.39, 0.29) is 0 Å². The molecule has 0 spiro atoms. The lowest BCUT2D eigenvalue weighted by molar-refractivity contribution is -0.595. The third-order valence-corrected chi connectivity index (χ3v) is 12.1. The average molecular weight is 683 g/mol. The van der Waals surface area contributed by atoms with E-state index in [9.17, 15) is 0 Å². The second kappa shape index (κ2) is 13.5. The number of rotatable bonds is 7. The number of hydrogen-bond donors (Lipinski definition) is 0. The van der Waals surface area contributed by atoms with Crippen LogP contribution < -0.4 is 9.13 Å². The average Bonchev–Trinajstić information content (AvgIpc) is 3.84. The summed E-state index contributed by atoms with van der Waals surface area (Å²) in [6.07, 6.45) is 8.62. The van der Waals surface area contributed by atoms with Crippen molar-refractivity contribution in [3.05, 3.63) is 181 Å². The maximum atomic E-state index is 2.31. The maximum Gasteiger partial charge on any atom is 0.210 e. The van der Waals surface area contributed by atoms with Gasteiger partial charge in [0.2, 0.25) is 11.4 Å². The van der Waals surface area contributed by atoms with Gasteiger partial charge in [-0.25, -0.2) is 0 Å². The van der Waals surface area contributed by atoms with Crippen molar-refractivity contribution < 1.29 is 9.13 Å². The van der Waals surface area contributed by atoms with Gasteiger partial charge in [0, 0.05) is 68.0 Å². The van der Waals surface area contributed by atoms with Gasteiger partial charge >= 0.3 is 0 Å². The Labute approximate surface area is 302 Å². The fourth-order valence-electron chi connectivity index (χ4n) is 7.04. The van der Waals surface area contributed by atoms with Gasteiger partial charge in [-0.2, -0.15) is 9.13 Å². The summed E-state index contributed by atoms with van der Waals surface area (Å²) in [5.74, 6) is 0. The first kappa shape index (κ1) is 31.8. The molecule has 4 heteroatoms. The number of nitrogens with zero attached hydrogens (tertiary/aromatic N) is 2. The van der Waals surface area contributed by atoms with Crippen molar-refractivity contribution in [1.82, 2.24) is 0 Å². The van der Waals surface area contributed by atoms with Crippen molar-refractivity contribution in [1.29, 1.82) is 0 Å². The minimum Gasteiger partial charge on any atom is -0.167 e. The van der Waals surface area contributed by atoms with E-state index >= 15 is 0 Å². The molecule has 0 atom stereocenters. The normalized spacial score (nSPS) is 11.2. The molecule has 4 heterocycles. The second-order valence-electron chi connectivity index (χ2n) is 12.8. The Morgan fingerprint density at radius 1 is 0.360 bits per heavy atom. The third kappa shape index (κ3) is 6.02. The number of aromatic nitrogens is 2. The first-order valence-corrected chi connectivity index (χ1v) is 18.6. The molecule has 0 unspecified atom stereocenters. The van der Waals surface area contributed by atoms with Crippen LogP contribution in [-0.2, 0) is 0 Å². The molecule has 4 aromatic heterocycles. The molecule has 0 saturated heterocycles. The first-order valence-electron chi connectivity index (χ1n) is 17.0. The summed E-state index contributed by atoms with van der Waals surface area (Å²) in [5, 5.41) is 0. The Morgan fingerprint density at radius 3 is 1.10 bits per heavy atom. The second-order valence-corrected chi connectivity index (χ2v) is 15.0. The molecule has 8 aromatic rings. The lowest BCUT2D eigenvalue weighted by atomic mass is 9.93. The van der Waals surface area contributed by atoms with Crippen molar-refractivity contribution >= 4 is 22.7 Å². The first-order chi connectivity index (χ1) is 24.4. The Bertz CT molecular complexity index is 2260. The molecule has 0 N–H and O–H groups in total. The molecule has 4 aromatic carbocycles. The van der Waals surface area contributed by atoms with Gasteiger partial charge in [-0.05, 0) is 108 Å². The van der Waals surface area contributed by atoms with E-state index in [1.54, 1.807) is 0 Å². The van der Waals surface area contributed by atoms with Crippen molar-refractivity contribution in [3.8, 4) is 64.3 Å². The number of thiophene rings is 2. The van der Waals surface area contributed by atoms with Crippen LogP contribution in [0.5, 0.6) is 0 Å². The highest BCUT2D eigenvalue weighted by Crippen LogP contribution is 2.45. The number of pyridine rings is 2. The SMILES string of the molecule is Cc1ccc(-c2cc[n+](-c3ccccc3)cc2)c(C)c1-c1ccc(-c2ccc(-c3c(C)ccc(-c4cc[n+](-c5ccccc5)cc4)c3C)s2)s1. The zero-order valence-electron chi connectivity index (χ0n) is 28.7. The molecule has 0 aliphatic rings. The van der Waals surface area contributed by atoms with Crippen LogP contribution >= 0.6 is 22.7 Å². The molecule has 0 saturated carbocycles. The van der Waals surface area contributed by atoms with Crippen molar-refractivity contribution in [3.63, 3.8) is 0 Å². The molecule has 0 radical (unpaired) electrons. The zero-order valence-corrected chi connectivity index (χ0v) is 30.4. The zero-order chi connectivity index (χ0) is 34.2. The number of aryl methyl sites for hydroxylation is 2. The van der Waals surface area contributed by atoms with Crippen molar-refractivity contribution in [2.75, 3.05) is 0 Å². The minimum atomic E-state index is 1.16. The molecular weight excluding hydrogens is 645 g/mol.